The monoisotopic (exact) mass is 209 g/mol. The van der Waals surface area contributed by atoms with Gasteiger partial charge in [0, 0.05) is 5.57 Å². The van der Waals surface area contributed by atoms with Gasteiger partial charge < -0.3 is 4.74 Å². The smallest absolute Gasteiger partial charge is 0.373 e. The predicted molar refractivity (Wildman–Crippen MR) is 50.2 cm³/mol. The lowest BCUT2D eigenvalue weighted by Crippen LogP contribution is -2.08. The molecule has 0 radical (unpaired) electrons. The van der Waals surface area contributed by atoms with E-state index in [4.69, 9.17) is 14.9 Å². The Kier molecular flexibility index (Phi) is 10.1. The van der Waals surface area contributed by atoms with Crippen LogP contribution in [0.4, 0.5) is 0 Å². The molecule has 0 aliphatic rings. The molecule has 0 rings (SSSR count). The van der Waals surface area contributed by atoms with E-state index in [-0.39, 0.29) is 18.3 Å². The fourth-order valence-electron chi connectivity index (χ4n) is 0.431. The Morgan fingerprint density at radius 1 is 1.40 bits per heavy atom. The van der Waals surface area contributed by atoms with Crippen molar-refractivity contribution < 1.29 is 19.1 Å². The van der Waals surface area contributed by atoms with E-state index in [9.17, 15) is 4.79 Å². The molecular weight excluding hydrogens is 198 g/mol. The molecule has 0 unspecified atom stereocenters. The van der Waals surface area contributed by atoms with Gasteiger partial charge in [-0.05, 0) is 6.42 Å². The molecule has 0 N–H and O–H groups in total. The molecule has 0 amide bonds. The fourth-order valence-corrected chi connectivity index (χ4v) is 0.431. The highest BCUT2D eigenvalue weighted by atomic mass is 16.5. The zero-order valence-corrected chi connectivity index (χ0v) is 8.41. The van der Waals surface area contributed by atoms with E-state index >= 15 is 0 Å². The first-order valence-electron chi connectivity index (χ1n) is 3.95. The second-order valence-electron chi connectivity index (χ2n) is 2.33. The molecule has 0 aromatic heterocycles. The Morgan fingerprint density at radius 2 is 1.87 bits per heavy atom. The molecular formula is C10H11NO4. The molecule has 80 valence electrons. The van der Waals surface area contributed by atoms with Crippen molar-refractivity contribution in [1.82, 2.24) is 0 Å². The van der Waals surface area contributed by atoms with E-state index in [1.807, 2.05) is 6.92 Å². The van der Waals surface area contributed by atoms with Gasteiger partial charge in [-0.15, -0.1) is 0 Å². The highest BCUT2D eigenvalue weighted by Gasteiger charge is 2.05. The van der Waals surface area contributed by atoms with Crippen LogP contribution in [0.5, 0.6) is 0 Å². The highest BCUT2D eigenvalue weighted by molar-refractivity contribution is 5.87. The van der Waals surface area contributed by atoms with Crippen molar-refractivity contribution in [2.75, 3.05) is 6.61 Å². The van der Waals surface area contributed by atoms with Crippen LogP contribution < -0.4 is 0 Å². The van der Waals surface area contributed by atoms with Crippen LogP contribution in [-0.4, -0.2) is 18.7 Å². The quantitative estimate of drug-likeness (QED) is 0.391. The summed E-state index contributed by atoms with van der Waals surface area (Å²) < 4.78 is 4.69. The number of hydrogen-bond donors (Lipinski definition) is 0. The topological polar surface area (TPSA) is 84.2 Å². The van der Waals surface area contributed by atoms with Crippen molar-refractivity contribution >= 4 is 12.1 Å². The number of hydrogen-bond acceptors (Lipinski definition) is 5. The molecule has 0 aromatic carbocycles. The average Bonchev–Trinajstić information content (AvgIpc) is 2.25. The van der Waals surface area contributed by atoms with Crippen LogP contribution in [0.3, 0.4) is 0 Å². The Morgan fingerprint density at radius 3 is 2.20 bits per heavy atom. The third-order valence-corrected chi connectivity index (χ3v) is 1.25. The number of carbonyl (C=O) groups excluding carboxylic acids is 3. The second-order valence-corrected chi connectivity index (χ2v) is 2.33. The first-order chi connectivity index (χ1) is 7.03. The summed E-state index contributed by atoms with van der Waals surface area (Å²) in [6, 6.07) is 1.78. The minimum absolute atomic E-state index is 0.0473. The van der Waals surface area contributed by atoms with Crippen LogP contribution in [0.1, 0.15) is 13.3 Å². The standard InChI is InChI=1S/C9H11NO2.CO2/c1-4-8(3)9(11)12-6-7(2)5-10;2-1-3/h2-4,6H2,1H3;. The lowest BCUT2D eigenvalue weighted by molar-refractivity contribution is -0.191. The SMILES string of the molecule is C=C(C#N)COC(=O)C(=C)CC.O=C=O. The molecule has 0 spiro atoms. The van der Waals surface area contributed by atoms with Gasteiger partial charge in [0.2, 0.25) is 0 Å². The summed E-state index contributed by atoms with van der Waals surface area (Å²) in [6.45, 7) is 8.61. The Bertz CT molecular complexity index is 319. The van der Waals surface area contributed by atoms with Gasteiger partial charge in [-0.2, -0.15) is 14.9 Å². The van der Waals surface area contributed by atoms with Crippen LogP contribution >= 0.6 is 0 Å². The first kappa shape index (κ1) is 15.3. The van der Waals surface area contributed by atoms with Gasteiger partial charge in [-0.3, -0.25) is 0 Å². The van der Waals surface area contributed by atoms with Gasteiger partial charge in [0.05, 0.1) is 11.6 Å². The molecule has 0 saturated heterocycles. The minimum Gasteiger partial charge on any atom is -0.457 e. The van der Waals surface area contributed by atoms with E-state index in [1.165, 1.54) is 0 Å². The summed E-state index contributed by atoms with van der Waals surface area (Å²) in [5.41, 5.74) is 0.632. The molecule has 0 bridgehead atoms. The summed E-state index contributed by atoms with van der Waals surface area (Å²) in [5.74, 6) is -0.464. The van der Waals surface area contributed by atoms with E-state index in [1.54, 1.807) is 6.07 Å². The average molecular weight is 209 g/mol. The zero-order chi connectivity index (χ0) is 12.3. The number of nitrogens with zero attached hydrogens (tertiary/aromatic N) is 1. The normalized spacial score (nSPS) is 7.20. The van der Waals surface area contributed by atoms with Gasteiger partial charge in [0.1, 0.15) is 6.61 Å². The maximum Gasteiger partial charge on any atom is 0.373 e. The predicted octanol–water partition coefficient (Wildman–Crippen LogP) is 0.992. The fraction of sp³-hybridized carbons (Fsp3) is 0.300. The van der Waals surface area contributed by atoms with Crippen LogP contribution in [0.2, 0.25) is 0 Å². The van der Waals surface area contributed by atoms with Crippen molar-refractivity contribution in [2.45, 2.75) is 13.3 Å². The Balaban J connectivity index is 0. The van der Waals surface area contributed by atoms with Crippen molar-refractivity contribution in [3.05, 3.63) is 24.3 Å². The molecule has 5 nitrogen and oxygen atoms in total. The number of rotatable bonds is 4. The first-order valence-corrected chi connectivity index (χ1v) is 3.95. The maximum atomic E-state index is 10.9. The molecule has 0 saturated carbocycles. The third-order valence-electron chi connectivity index (χ3n) is 1.25. The number of ether oxygens (including phenoxy) is 1. The van der Waals surface area contributed by atoms with E-state index < -0.39 is 5.97 Å². The van der Waals surface area contributed by atoms with Gasteiger partial charge in [-0.1, -0.05) is 20.1 Å². The van der Waals surface area contributed by atoms with Crippen LogP contribution in [-0.2, 0) is 19.1 Å². The van der Waals surface area contributed by atoms with Crippen molar-refractivity contribution in [3.8, 4) is 6.07 Å². The molecule has 0 heterocycles. The molecule has 15 heavy (non-hydrogen) atoms. The Hall–Kier alpha value is -2.18. The Labute approximate surface area is 87.6 Å². The molecule has 5 heteroatoms. The summed E-state index contributed by atoms with van der Waals surface area (Å²) in [7, 11) is 0. The lowest BCUT2D eigenvalue weighted by atomic mass is 10.2. The summed E-state index contributed by atoms with van der Waals surface area (Å²) >= 11 is 0. The van der Waals surface area contributed by atoms with Crippen LogP contribution in [0.15, 0.2) is 24.3 Å². The van der Waals surface area contributed by atoms with Crippen molar-refractivity contribution in [3.63, 3.8) is 0 Å². The highest BCUT2D eigenvalue weighted by Crippen LogP contribution is 2.00. The second kappa shape index (κ2) is 9.90. The van der Waals surface area contributed by atoms with Crippen molar-refractivity contribution in [2.24, 2.45) is 0 Å². The van der Waals surface area contributed by atoms with Crippen LogP contribution in [0, 0.1) is 11.3 Å². The van der Waals surface area contributed by atoms with Gasteiger partial charge in [0.25, 0.3) is 0 Å². The lowest BCUT2D eigenvalue weighted by Gasteiger charge is -2.02. The number of esters is 1. The summed E-state index contributed by atoms with van der Waals surface area (Å²) in [5, 5.41) is 8.28. The van der Waals surface area contributed by atoms with E-state index in [2.05, 4.69) is 17.9 Å². The minimum atomic E-state index is -0.464. The summed E-state index contributed by atoms with van der Waals surface area (Å²) in [4.78, 5) is 27.2. The molecule has 0 atom stereocenters. The van der Waals surface area contributed by atoms with Crippen LogP contribution in [0.25, 0.3) is 0 Å². The van der Waals surface area contributed by atoms with E-state index in [0.717, 1.165) is 0 Å². The molecule has 0 aromatic rings. The maximum absolute atomic E-state index is 10.9. The van der Waals surface area contributed by atoms with Gasteiger partial charge >= 0.3 is 12.1 Å². The van der Waals surface area contributed by atoms with E-state index in [0.29, 0.717) is 12.0 Å². The number of carbonyl (C=O) groups is 1. The molecule has 0 fully saturated rings. The third kappa shape index (κ3) is 9.74. The molecule has 0 aliphatic heterocycles. The van der Waals surface area contributed by atoms with Gasteiger partial charge in [-0.25, -0.2) is 4.79 Å². The largest absolute Gasteiger partial charge is 0.457 e. The van der Waals surface area contributed by atoms with Gasteiger partial charge in [0.15, 0.2) is 0 Å². The summed E-state index contributed by atoms with van der Waals surface area (Å²) in [6.07, 6.45) is 0.803. The zero-order valence-electron chi connectivity index (χ0n) is 8.41. The number of nitriles is 1. The van der Waals surface area contributed by atoms with Crippen molar-refractivity contribution in [1.29, 1.82) is 5.26 Å². The molecule has 0 aliphatic carbocycles.